The highest BCUT2D eigenvalue weighted by molar-refractivity contribution is 5.97. The van der Waals surface area contributed by atoms with Gasteiger partial charge in [-0.2, -0.15) is 0 Å². The number of benzene rings is 3. The van der Waals surface area contributed by atoms with Gasteiger partial charge in [0.25, 0.3) is 0 Å². The Morgan fingerprint density at radius 1 is 1.00 bits per heavy atom. The van der Waals surface area contributed by atoms with Crippen molar-refractivity contribution in [3.8, 4) is 17.0 Å². The molecule has 3 aromatic carbocycles. The number of H-pyrrole nitrogens is 1. The van der Waals surface area contributed by atoms with E-state index in [1.54, 1.807) is 6.07 Å². The Hall–Kier alpha value is -3.93. The molecule has 0 unspecified atom stereocenters. The van der Waals surface area contributed by atoms with Gasteiger partial charge in [-0.05, 0) is 41.1 Å². The summed E-state index contributed by atoms with van der Waals surface area (Å²) in [5, 5.41) is 16.5. The number of aromatic amines is 1. The molecule has 0 saturated carbocycles. The number of aromatic nitrogens is 1. The maximum Gasteiger partial charge on any atom is 0.228 e. The van der Waals surface area contributed by atoms with E-state index in [2.05, 4.69) is 15.5 Å². The van der Waals surface area contributed by atoms with Crippen LogP contribution in [0.5, 0.6) is 5.75 Å². The summed E-state index contributed by atoms with van der Waals surface area (Å²) in [5.74, 6) is -0.464. The van der Waals surface area contributed by atoms with Crippen molar-refractivity contribution in [3.05, 3.63) is 83.3 Å². The molecular weight excluding hydrogens is 354 g/mol. The van der Waals surface area contributed by atoms with Gasteiger partial charge in [0.1, 0.15) is 11.4 Å². The number of hydrogen-bond donors (Lipinski definition) is 3. The van der Waals surface area contributed by atoms with Crippen LogP contribution >= 0.6 is 0 Å². The number of phenolic OH excluding ortho intramolecular Hbond substituents is 1. The number of nitrogens with one attached hydrogen (secondary N) is 2. The molecule has 0 spiro atoms. The van der Waals surface area contributed by atoms with Gasteiger partial charge in [0.15, 0.2) is 0 Å². The van der Waals surface area contributed by atoms with Crippen molar-refractivity contribution in [2.45, 2.75) is 6.42 Å². The fraction of sp³-hybridized carbons (Fsp3) is 0.0455. The van der Waals surface area contributed by atoms with E-state index in [0.717, 1.165) is 22.2 Å². The monoisotopic (exact) mass is 371 g/mol. The number of carbonyl (C=O) groups excluding carboxylic acids is 1. The van der Waals surface area contributed by atoms with Crippen LogP contribution in [0, 0.1) is 4.91 Å². The van der Waals surface area contributed by atoms with Crippen molar-refractivity contribution in [1.82, 2.24) is 4.98 Å². The first-order valence-corrected chi connectivity index (χ1v) is 8.76. The summed E-state index contributed by atoms with van der Waals surface area (Å²) in [6, 6.07) is 22.0. The highest BCUT2D eigenvalue weighted by Gasteiger charge is 2.12. The van der Waals surface area contributed by atoms with E-state index in [9.17, 15) is 14.8 Å². The molecule has 0 radical (unpaired) electrons. The van der Waals surface area contributed by atoms with Gasteiger partial charge in [-0.1, -0.05) is 42.5 Å². The zero-order valence-electron chi connectivity index (χ0n) is 14.8. The topological polar surface area (TPSA) is 94.5 Å². The number of anilines is 1. The van der Waals surface area contributed by atoms with E-state index in [-0.39, 0.29) is 23.8 Å². The number of fused-ring (bicyclic) bond motifs is 1. The molecule has 0 aliphatic rings. The molecule has 1 heterocycles. The van der Waals surface area contributed by atoms with Crippen LogP contribution in [-0.4, -0.2) is 16.0 Å². The SMILES string of the molecule is O=Nc1ccc(CC(=O)Nc2ccccc2-c2cc3ccccc3[nH]2)cc1O. The molecule has 3 N–H and O–H groups in total. The van der Waals surface area contributed by atoms with Crippen LogP contribution in [0.1, 0.15) is 5.56 Å². The van der Waals surface area contributed by atoms with Crippen LogP contribution < -0.4 is 5.32 Å². The fourth-order valence-corrected chi connectivity index (χ4v) is 3.18. The quantitative estimate of drug-likeness (QED) is 0.425. The Morgan fingerprint density at radius 2 is 1.79 bits per heavy atom. The lowest BCUT2D eigenvalue weighted by molar-refractivity contribution is -0.115. The number of phenols is 1. The molecular formula is C22H17N3O3. The fourth-order valence-electron chi connectivity index (χ4n) is 3.18. The Balaban J connectivity index is 1.57. The van der Waals surface area contributed by atoms with Crippen LogP contribution in [0.2, 0.25) is 0 Å². The first-order valence-electron chi connectivity index (χ1n) is 8.76. The minimum atomic E-state index is -0.237. The van der Waals surface area contributed by atoms with Gasteiger partial charge in [0.05, 0.1) is 12.1 Å². The first-order chi connectivity index (χ1) is 13.6. The standard InChI is InChI=1S/C22H17N3O3/c26-21-11-14(9-10-19(21)25-28)12-22(27)24-18-8-4-2-6-16(18)20-13-15-5-1-3-7-17(15)23-20/h1-11,13,23,26H,12H2,(H,24,27). The van der Waals surface area contributed by atoms with Crippen LogP contribution in [0.4, 0.5) is 11.4 Å². The number of nitroso groups, excluding NO2 is 1. The minimum absolute atomic E-state index is 0.0479. The molecule has 138 valence electrons. The molecule has 6 nitrogen and oxygen atoms in total. The number of rotatable bonds is 5. The van der Waals surface area contributed by atoms with E-state index in [0.29, 0.717) is 11.3 Å². The van der Waals surface area contributed by atoms with Gasteiger partial charge < -0.3 is 15.4 Å². The molecule has 4 aromatic rings. The number of amides is 1. The van der Waals surface area contributed by atoms with E-state index in [4.69, 9.17) is 0 Å². The van der Waals surface area contributed by atoms with Crippen LogP contribution in [0.15, 0.2) is 78.0 Å². The van der Waals surface area contributed by atoms with Gasteiger partial charge in [-0.3, -0.25) is 4.79 Å². The third-order valence-corrected chi connectivity index (χ3v) is 4.52. The minimum Gasteiger partial charge on any atom is -0.506 e. The average Bonchev–Trinajstić information content (AvgIpc) is 3.12. The molecule has 28 heavy (non-hydrogen) atoms. The third kappa shape index (κ3) is 3.48. The zero-order valence-corrected chi connectivity index (χ0v) is 14.8. The lowest BCUT2D eigenvalue weighted by Gasteiger charge is -2.10. The Kier molecular flexibility index (Phi) is 4.60. The maximum absolute atomic E-state index is 12.5. The second-order valence-electron chi connectivity index (χ2n) is 6.46. The summed E-state index contributed by atoms with van der Waals surface area (Å²) < 4.78 is 0. The molecule has 4 rings (SSSR count). The Bertz CT molecular complexity index is 1150. The second kappa shape index (κ2) is 7.36. The number of nitrogens with zero attached hydrogens (tertiary/aromatic N) is 1. The van der Waals surface area contributed by atoms with Gasteiger partial charge in [0, 0.05) is 22.2 Å². The van der Waals surface area contributed by atoms with Gasteiger partial charge in [0.2, 0.25) is 5.91 Å². The lowest BCUT2D eigenvalue weighted by atomic mass is 10.1. The normalized spacial score (nSPS) is 10.7. The van der Waals surface area contributed by atoms with Crippen LogP contribution in [0.3, 0.4) is 0 Å². The van der Waals surface area contributed by atoms with Gasteiger partial charge in [-0.15, -0.1) is 4.91 Å². The van der Waals surface area contributed by atoms with Gasteiger partial charge in [-0.25, -0.2) is 0 Å². The maximum atomic E-state index is 12.5. The van der Waals surface area contributed by atoms with Crippen molar-refractivity contribution < 1.29 is 9.90 Å². The van der Waals surface area contributed by atoms with Gasteiger partial charge >= 0.3 is 0 Å². The molecule has 6 heteroatoms. The predicted octanol–water partition coefficient (Wildman–Crippen LogP) is 5.12. The molecule has 0 atom stereocenters. The molecule has 0 saturated heterocycles. The lowest BCUT2D eigenvalue weighted by Crippen LogP contribution is -2.15. The smallest absolute Gasteiger partial charge is 0.228 e. The summed E-state index contributed by atoms with van der Waals surface area (Å²) in [4.78, 5) is 26.4. The number of carbonyl (C=O) groups is 1. The van der Waals surface area contributed by atoms with Crippen LogP contribution in [-0.2, 0) is 11.2 Å². The molecule has 1 aromatic heterocycles. The van der Waals surface area contributed by atoms with Crippen molar-refractivity contribution in [2.75, 3.05) is 5.32 Å². The molecule has 0 aliphatic carbocycles. The summed E-state index contributed by atoms with van der Waals surface area (Å²) >= 11 is 0. The Morgan fingerprint density at radius 3 is 2.57 bits per heavy atom. The molecule has 1 amide bonds. The van der Waals surface area contributed by atoms with E-state index in [1.165, 1.54) is 12.1 Å². The first kappa shape index (κ1) is 17.5. The van der Waals surface area contributed by atoms with E-state index >= 15 is 0 Å². The highest BCUT2D eigenvalue weighted by Crippen LogP contribution is 2.30. The predicted molar refractivity (Wildman–Crippen MR) is 110 cm³/mol. The summed E-state index contributed by atoms with van der Waals surface area (Å²) in [6.07, 6.45) is 0.0632. The molecule has 0 bridgehead atoms. The molecule has 0 aliphatic heterocycles. The van der Waals surface area contributed by atoms with Crippen molar-refractivity contribution in [1.29, 1.82) is 0 Å². The van der Waals surface area contributed by atoms with Crippen molar-refractivity contribution in [2.24, 2.45) is 5.18 Å². The highest BCUT2D eigenvalue weighted by atomic mass is 16.3. The number of aromatic hydroxyl groups is 1. The zero-order chi connectivity index (χ0) is 19.5. The Labute approximate surface area is 160 Å². The van der Waals surface area contributed by atoms with Crippen molar-refractivity contribution >= 4 is 28.2 Å². The second-order valence-corrected chi connectivity index (χ2v) is 6.46. The number of para-hydroxylation sites is 2. The van der Waals surface area contributed by atoms with E-state index < -0.39 is 0 Å². The van der Waals surface area contributed by atoms with Crippen molar-refractivity contribution in [3.63, 3.8) is 0 Å². The average molecular weight is 371 g/mol. The third-order valence-electron chi connectivity index (χ3n) is 4.52. The molecule has 0 fully saturated rings. The van der Waals surface area contributed by atoms with Crippen LogP contribution in [0.25, 0.3) is 22.2 Å². The largest absolute Gasteiger partial charge is 0.506 e. The summed E-state index contributed by atoms with van der Waals surface area (Å²) in [5.41, 5.74) is 4.05. The summed E-state index contributed by atoms with van der Waals surface area (Å²) in [7, 11) is 0. The summed E-state index contributed by atoms with van der Waals surface area (Å²) in [6.45, 7) is 0. The van der Waals surface area contributed by atoms with E-state index in [1.807, 2.05) is 54.6 Å². The number of hydrogen-bond acceptors (Lipinski definition) is 4.